The molecular weight excluding hydrogens is 276 g/mol. The van der Waals surface area contributed by atoms with E-state index in [9.17, 15) is 8.42 Å². The molecule has 20 heavy (non-hydrogen) atoms. The number of rotatable bonds is 5. The number of aromatic nitrogens is 1. The lowest BCUT2D eigenvalue weighted by molar-refractivity contribution is 0.581. The molecule has 2 rings (SSSR count). The van der Waals surface area contributed by atoms with Gasteiger partial charge in [0.05, 0.1) is 0 Å². The highest BCUT2D eigenvalue weighted by molar-refractivity contribution is 7.89. The lowest BCUT2D eigenvalue weighted by Crippen LogP contribution is -2.24. The third-order valence-corrected chi connectivity index (χ3v) is 4.29. The Labute approximate surface area is 118 Å². The number of hydrogen-bond acceptors (Lipinski definition) is 5. The minimum atomic E-state index is -3.58. The molecule has 0 radical (unpaired) electrons. The van der Waals surface area contributed by atoms with Crippen molar-refractivity contribution in [1.82, 2.24) is 9.71 Å². The van der Waals surface area contributed by atoms with E-state index < -0.39 is 10.0 Å². The fraction of sp³-hybridized carbons (Fsp3) is 0.154. The standard InChI is InChI=1S/C13H16N4O2S/c1-10-4-2-3-5-11(10)8-16-20(18,19)12-6-7-13(17-14)15-9-12/h2-7,9,16H,8,14H2,1H3,(H,15,17). The number of hydrazine groups is 1. The summed E-state index contributed by atoms with van der Waals surface area (Å²) in [6.45, 7) is 2.18. The minimum Gasteiger partial charge on any atom is -0.308 e. The van der Waals surface area contributed by atoms with Crippen LogP contribution in [0.4, 0.5) is 5.82 Å². The van der Waals surface area contributed by atoms with Crippen molar-refractivity contribution in [2.45, 2.75) is 18.4 Å². The van der Waals surface area contributed by atoms with Crippen LogP contribution in [0.2, 0.25) is 0 Å². The zero-order chi connectivity index (χ0) is 14.6. The maximum Gasteiger partial charge on any atom is 0.242 e. The van der Waals surface area contributed by atoms with Gasteiger partial charge in [0.2, 0.25) is 10.0 Å². The van der Waals surface area contributed by atoms with Crippen LogP contribution in [0.3, 0.4) is 0 Å². The van der Waals surface area contributed by atoms with Crippen molar-refractivity contribution in [3.05, 3.63) is 53.7 Å². The predicted molar refractivity (Wildman–Crippen MR) is 77.3 cm³/mol. The number of nitrogens with two attached hydrogens (primary N) is 1. The van der Waals surface area contributed by atoms with Gasteiger partial charge in [-0.1, -0.05) is 24.3 Å². The van der Waals surface area contributed by atoms with E-state index in [4.69, 9.17) is 5.84 Å². The van der Waals surface area contributed by atoms with Crippen LogP contribution in [0.1, 0.15) is 11.1 Å². The summed E-state index contributed by atoms with van der Waals surface area (Å²) in [6.07, 6.45) is 1.26. The molecule has 0 amide bonds. The van der Waals surface area contributed by atoms with Crippen LogP contribution < -0.4 is 16.0 Å². The Morgan fingerprint density at radius 3 is 2.55 bits per heavy atom. The number of nitrogens with zero attached hydrogens (tertiary/aromatic N) is 1. The van der Waals surface area contributed by atoms with Gasteiger partial charge in [0, 0.05) is 12.7 Å². The first-order chi connectivity index (χ1) is 9.53. The van der Waals surface area contributed by atoms with Crippen molar-refractivity contribution in [3.8, 4) is 0 Å². The Morgan fingerprint density at radius 1 is 1.20 bits per heavy atom. The summed E-state index contributed by atoms with van der Waals surface area (Å²) >= 11 is 0. The Morgan fingerprint density at radius 2 is 1.95 bits per heavy atom. The molecule has 0 aliphatic heterocycles. The molecule has 7 heteroatoms. The van der Waals surface area contributed by atoms with Crippen LogP contribution in [0, 0.1) is 6.92 Å². The molecule has 0 aliphatic rings. The molecule has 1 aromatic carbocycles. The van der Waals surface area contributed by atoms with Crippen LogP contribution in [0.5, 0.6) is 0 Å². The van der Waals surface area contributed by atoms with E-state index in [1.54, 1.807) is 0 Å². The van der Waals surface area contributed by atoms with Crippen LogP contribution in [-0.2, 0) is 16.6 Å². The number of anilines is 1. The first kappa shape index (κ1) is 14.4. The molecule has 0 saturated heterocycles. The fourth-order valence-corrected chi connectivity index (χ4v) is 2.64. The van der Waals surface area contributed by atoms with Crippen molar-refractivity contribution in [2.75, 3.05) is 5.43 Å². The summed E-state index contributed by atoms with van der Waals surface area (Å²) < 4.78 is 26.8. The Hall–Kier alpha value is -1.96. The van der Waals surface area contributed by atoms with Gasteiger partial charge >= 0.3 is 0 Å². The molecule has 6 nitrogen and oxygen atoms in total. The molecule has 106 valence electrons. The monoisotopic (exact) mass is 292 g/mol. The molecule has 0 bridgehead atoms. The topological polar surface area (TPSA) is 97.1 Å². The Balaban J connectivity index is 2.13. The first-order valence-corrected chi connectivity index (χ1v) is 7.48. The summed E-state index contributed by atoms with van der Waals surface area (Å²) in [5.41, 5.74) is 4.32. The number of pyridine rings is 1. The molecule has 2 aromatic rings. The lowest BCUT2D eigenvalue weighted by Gasteiger charge is -2.09. The third-order valence-electron chi connectivity index (χ3n) is 2.91. The van der Waals surface area contributed by atoms with Gasteiger partial charge in [0.25, 0.3) is 0 Å². The second-order valence-electron chi connectivity index (χ2n) is 4.27. The second-order valence-corrected chi connectivity index (χ2v) is 6.04. The zero-order valence-electron chi connectivity index (χ0n) is 11.0. The third kappa shape index (κ3) is 3.32. The van der Waals surface area contributed by atoms with Crippen molar-refractivity contribution >= 4 is 15.8 Å². The highest BCUT2D eigenvalue weighted by Gasteiger charge is 2.14. The maximum atomic E-state index is 12.1. The Kier molecular flexibility index (Phi) is 4.33. The number of hydrogen-bond donors (Lipinski definition) is 3. The van der Waals surface area contributed by atoms with Gasteiger partial charge < -0.3 is 5.43 Å². The van der Waals surface area contributed by atoms with Crippen LogP contribution in [0.25, 0.3) is 0 Å². The largest absolute Gasteiger partial charge is 0.308 e. The number of aryl methyl sites for hydroxylation is 1. The fourth-order valence-electron chi connectivity index (χ4n) is 1.69. The van der Waals surface area contributed by atoms with Gasteiger partial charge in [-0.05, 0) is 30.2 Å². The lowest BCUT2D eigenvalue weighted by atomic mass is 10.1. The van der Waals surface area contributed by atoms with Crippen LogP contribution >= 0.6 is 0 Å². The predicted octanol–water partition coefficient (Wildman–Crippen LogP) is 1.15. The SMILES string of the molecule is Cc1ccccc1CNS(=O)(=O)c1ccc(NN)nc1. The van der Waals surface area contributed by atoms with E-state index in [1.807, 2.05) is 31.2 Å². The van der Waals surface area contributed by atoms with E-state index in [0.717, 1.165) is 11.1 Å². The van der Waals surface area contributed by atoms with Gasteiger partial charge in [0.15, 0.2) is 0 Å². The molecule has 0 unspecified atom stereocenters. The van der Waals surface area contributed by atoms with E-state index in [1.165, 1.54) is 18.3 Å². The Bertz CT molecular complexity index is 684. The van der Waals surface area contributed by atoms with Gasteiger partial charge in [-0.25, -0.2) is 24.0 Å². The number of nitrogens with one attached hydrogen (secondary N) is 2. The molecular formula is C13H16N4O2S. The van der Waals surface area contributed by atoms with Crippen LogP contribution in [-0.4, -0.2) is 13.4 Å². The molecule has 1 heterocycles. The smallest absolute Gasteiger partial charge is 0.242 e. The number of nitrogen functional groups attached to an aromatic ring is 1. The second kappa shape index (κ2) is 6.00. The summed E-state index contributed by atoms with van der Waals surface area (Å²) in [5.74, 6) is 5.59. The minimum absolute atomic E-state index is 0.102. The van der Waals surface area contributed by atoms with Crippen molar-refractivity contribution in [2.24, 2.45) is 5.84 Å². The molecule has 1 aromatic heterocycles. The molecule has 0 atom stereocenters. The first-order valence-electron chi connectivity index (χ1n) is 6.00. The summed E-state index contributed by atoms with van der Waals surface area (Å²) in [5, 5.41) is 0. The number of benzene rings is 1. The molecule has 4 N–H and O–H groups in total. The average molecular weight is 292 g/mol. The van der Waals surface area contributed by atoms with E-state index >= 15 is 0 Å². The van der Waals surface area contributed by atoms with Crippen molar-refractivity contribution < 1.29 is 8.42 Å². The van der Waals surface area contributed by atoms with Gasteiger partial charge in [0.1, 0.15) is 10.7 Å². The quantitative estimate of drug-likeness (QED) is 0.567. The van der Waals surface area contributed by atoms with Gasteiger partial charge in [-0.15, -0.1) is 0 Å². The van der Waals surface area contributed by atoms with Gasteiger partial charge in [-0.2, -0.15) is 0 Å². The highest BCUT2D eigenvalue weighted by Crippen LogP contribution is 2.12. The van der Waals surface area contributed by atoms with E-state index in [-0.39, 0.29) is 11.4 Å². The van der Waals surface area contributed by atoms with Crippen LogP contribution in [0.15, 0.2) is 47.5 Å². The van der Waals surface area contributed by atoms with Crippen molar-refractivity contribution in [3.63, 3.8) is 0 Å². The molecule has 0 spiro atoms. The average Bonchev–Trinajstić information content (AvgIpc) is 2.46. The zero-order valence-corrected chi connectivity index (χ0v) is 11.8. The molecule has 0 aliphatic carbocycles. The van der Waals surface area contributed by atoms with Gasteiger partial charge in [-0.3, -0.25) is 0 Å². The van der Waals surface area contributed by atoms with E-state index in [0.29, 0.717) is 5.82 Å². The maximum absolute atomic E-state index is 12.1. The normalized spacial score (nSPS) is 11.3. The number of sulfonamides is 1. The van der Waals surface area contributed by atoms with E-state index in [2.05, 4.69) is 15.1 Å². The van der Waals surface area contributed by atoms with Crippen molar-refractivity contribution in [1.29, 1.82) is 0 Å². The summed E-state index contributed by atoms with van der Waals surface area (Å²) in [4.78, 5) is 3.98. The molecule has 0 fully saturated rings. The highest BCUT2D eigenvalue weighted by atomic mass is 32.2. The molecule has 0 saturated carbocycles. The summed E-state index contributed by atoms with van der Waals surface area (Å²) in [6, 6.07) is 10.6. The summed E-state index contributed by atoms with van der Waals surface area (Å²) in [7, 11) is -3.58.